The van der Waals surface area contributed by atoms with E-state index in [0.29, 0.717) is 12.6 Å². The van der Waals surface area contributed by atoms with E-state index in [9.17, 15) is 5.11 Å². The van der Waals surface area contributed by atoms with Gasteiger partial charge in [-0.1, -0.05) is 24.3 Å². The number of aliphatic hydroxyl groups is 1. The van der Waals surface area contributed by atoms with Gasteiger partial charge in [0.1, 0.15) is 0 Å². The zero-order chi connectivity index (χ0) is 12.8. The molecule has 2 rings (SSSR count). The Bertz CT molecular complexity index is 350. The molecule has 1 fully saturated rings. The number of nitrogens with one attached hydrogen (secondary N) is 1. The first kappa shape index (κ1) is 13.5. The lowest BCUT2D eigenvalue weighted by Crippen LogP contribution is -2.35. The predicted octanol–water partition coefficient (Wildman–Crippen LogP) is 2.23. The Labute approximate surface area is 109 Å². The van der Waals surface area contributed by atoms with Gasteiger partial charge in [0.15, 0.2) is 0 Å². The van der Waals surface area contributed by atoms with E-state index in [-0.39, 0.29) is 6.10 Å². The summed E-state index contributed by atoms with van der Waals surface area (Å²) in [5, 5.41) is 13.1. The van der Waals surface area contributed by atoms with Crippen molar-refractivity contribution in [3.8, 4) is 0 Å². The summed E-state index contributed by atoms with van der Waals surface area (Å²) < 4.78 is 5.09. The molecule has 1 aromatic carbocycles. The molecule has 0 bridgehead atoms. The van der Waals surface area contributed by atoms with Crippen molar-refractivity contribution in [2.75, 3.05) is 7.11 Å². The van der Waals surface area contributed by atoms with E-state index in [2.05, 4.69) is 29.6 Å². The average molecular weight is 249 g/mol. The van der Waals surface area contributed by atoms with Crippen molar-refractivity contribution in [1.82, 2.24) is 5.32 Å². The first-order valence-electron chi connectivity index (χ1n) is 6.76. The van der Waals surface area contributed by atoms with E-state index in [4.69, 9.17) is 4.74 Å². The molecule has 3 nitrogen and oxygen atoms in total. The van der Waals surface area contributed by atoms with Gasteiger partial charge in [-0.2, -0.15) is 0 Å². The Morgan fingerprint density at radius 1 is 1.22 bits per heavy atom. The molecule has 0 heterocycles. The maximum Gasteiger partial charge on any atom is 0.0713 e. The average Bonchev–Trinajstić information content (AvgIpc) is 2.38. The minimum atomic E-state index is -0.111. The smallest absolute Gasteiger partial charge is 0.0713 e. The van der Waals surface area contributed by atoms with Crippen LogP contribution in [0.1, 0.15) is 36.8 Å². The van der Waals surface area contributed by atoms with Crippen LogP contribution in [0.5, 0.6) is 0 Å². The highest BCUT2D eigenvalue weighted by Gasteiger charge is 2.19. The molecule has 0 amide bonds. The SMILES string of the molecule is COCc1ccc(CNC2CCCC(O)C2)cc1. The van der Waals surface area contributed by atoms with Gasteiger partial charge >= 0.3 is 0 Å². The Morgan fingerprint density at radius 3 is 2.61 bits per heavy atom. The summed E-state index contributed by atoms with van der Waals surface area (Å²) in [7, 11) is 1.71. The summed E-state index contributed by atoms with van der Waals surface area (Å²) in [5.74, 6) is 0. The number of hydrogen-bond acceptors (Lipinski definition) is 3. The maximum atomic E-state index is 9.62. The molecule has 1 saturated carbocycles. The number of rotatable bonds is 5. The molecule has 0 saturated heterocycles. The van der Waals surface area contributed by atoms with Crippen LogP contribution in [0.15, 0.2) is 24.3 Å². The van der Waals surface area contributed by atoms with Crippen LogP contribution >= 0.6 is 0 Å². The molecular formula is C15H23NO2. The largest absolute Gasteiger partial charge is 0.393 e. The molecule has 2 atom stereocenters. The predicted molar refractivity (Wildman–Crippen MR) is 72.3 cm³/mol. The van der Waals surface area contributed by atoms with Crippen LogP contribution in [-0.4, -0.2) is 24.4 Å². The van der Waals surface area contributed by atoms with Crippen molar-refractivity contribution in [3.05, 3.63) is 35.4 Å². The third-order valence-electron chi connectivity index (χ3n) is 3.58. The van der Waals surface area contributed by atoms with Crippen LogP contribution in [0.25, 0.3) is 0 Å². The molecule has 0 aliphatic heterocycles. The van der Waals surface area contributed by atoms with Crippen molar-refractivity contribution >= 4 is 0 Å². The summed E-state index contributed by atoms with van der Waals surface area (Å²) in [6.45, 7) is 1.55. The Balaban J connectivity index is 1.78. The molecule has 2 N–H and O–H groups in total. The minimum Gasteiger partial charge on any atom is -0.393 e. The lowest BCUT2D eigenvalue weighted by atomic mass is 9.93. The summed E-state index contributed by atoms with van der Waals surface area (Å²) in [5.41, 5.74) is 2.49. The first-order valence-corrected chi connectivity index (χ1v) is 6.76. The van der Waals surface area contributed by atoms with Crippen molar-refractivity contribution in [1.29, 1.82) is 0 Å². The van der Waals surface area contributed by atoms with Gasteiger partial charge in [-0.3, -0.25) is 0 Å². The molecular weight excluding hydrogens is 226 g/mol. The molecule has 1 aliphatic rings. The van der Waals surface area contributed by atoms with Crippen molar-refractivity contribution in [2.24, 2.45) is 0 Å². The van der Waals surface area contributed by atoms with Gasteiger partial charge in [-0.05, 0) is 36.8 Å². The Kier molecular flexibility index (Phi) is 5.17. The third kappa shape index (κ3) is 4.09. The Hall–Kier alpha value is -0.900. The molecule has 1 aromatic rings. The zero-order valence-electron chi connectivity index (χ0n) is 11.1. The van der Waals surface area contributed by atoms with Crippen LogP contribution in [-0.2, 0) is 17.9 Å². The molecule has 0 radical (unpaired) electrons. The number of methoxy groups -OCH3 is 1. The number of ether oxygens (including phenoxy) is 1. The highest BCUT2D eigenvalue weighted by Crippen LogP contribution is 2.18. The second-order valence-corrected chi connectivity index (χ2v) is 5.15. The topological polar surface area (TPSA) is 41.5 Å². The fourth-order valence-corrected chi connectivity index (χ4v) is 2.53. The molecule has 18 heavy (non-hydrogen) atoms. The van der Waals surface area contributed by atoms with Crippen molar-refractivity contribution in [2.45, 2.75) is 51.0 Å². The quantitative estimate of drug-likeness (QED) is 0.841. The zero-order valence-corrected chi connectivity index (χ0v) is 11.1. The summed E-state index contributed by atoms with van der Waals surface area (Å²) in [4.78, 5) is 0. The van der Waals surface area contributed by atoms with E-state index in [1.807, 2.05) is 0 Å². The van der Waals surface area contributed by atoms with Crippen LogP contribution < -0.4 is 5.32 Å². The van der Waals surface area contributed by atoms with E-state index < -0.39 is 0 Å². The monoisotopic (exact) mass is 249 g/mol. The lowest BCUT2D eigenvalue weighted by Gasteiger charge is -2.26. The highest BCUT2D eigenvalue weighted by atomic mass is 16.5. The van der Waals surface area contributed by atoms with Gasteiger partial charge in [0.2, 0.25) is 0 Å². The van der Waals surface area contributed by atoms with Gasteiger partial charge in [0.25, 0.3) is 0 Å². The molecule has 2 unspecified atom stereocenters. The minimum absolute atomic E-state index is 0.111. The number of benzene rings is 1. The van der Waals surface area contributed by atoms with Gasteiger partial charge in [-0.25, -0.2) is 0 Å². The van der Waals surface area contributed by atoms with E-state index in [1.165, 1.54) is 17.5 Å². The lowest BCUT2D eigenvalue weighted by molar-refractivity contribution is 0.111. The van der Waals surface area contributed by atoms with Gasteiger partial charge < -0.3 is 15.2 Å². The fourth-order valence-electron chi connectivity index (χ4n) is 2.53. The van der Waals surface area contributed by atoms with E-state index in [0.717, 1.165) is 25.8 Å². The summed E-state index contributed by atoms with van der Waals surface area (Å²) in [6.07, 6.45) is 4.05. The second-order valence-electron chi connectivity index (χ2n) is 5.15. The fraction of sp³-hybridized carbons (Fsp3) is 0.600. The molecule has 100 valence electrons. The van der Waals surface area contributed by atoms with Gasteiger partial charge in [0.05, 0.1) is 12.7 Å². The van der Waals surface area contributed by atoms with Crippen molar-refractivity contribution in [3.63, 3.8) is 0 Å². The Morgan fingerprint density at radius 2 is 1.94 bits per heavy atom. The third-order valence-corrected chi connectivity index (χ3v) is 3.58. The molecule has 0 spiro atoms. The van der Waals surface area contributed by atoms with Gasteiger partial charge in [-0.15, -0.1) is 0 Å². The number of aliphatic hydroxyl groups excluding tert-OH is 1. The standard InChI is InChI=1S/C15H23NO2/c1-18-11-13-7-5-12(6-8-13)10-16-14-3-2-4-15(17)9-14/h5-8,14-17H,2-4,9-11H2,1H3. The molecule has 3 heteroatoms. The van der Waals surface area contributed by atoms with Crippen LogP contribution in [0.2, 0.25) is 0 Å². The van der Waals surface area contributed by atoms with E-state index in [1.54, 1.807) is 7.11 Å². The van der Waals surface area contributed by atoms with Crippen LogP contribution in [0.4, 0.5) is 0 Å². The van der Waals surface area contributed by atoms with Crippen molar-refractivity contribution < 1.29 is 9.84 Å². The maximum absolute atomic E-state index is 9.62. The van der Waals surface area contributed by atoms with E-state index >= 15 is 0 Å². The van der Waals surface area contributed by atoms with Crippen LogP contribution in [0, 0.1) is 0 Å². The molecule has 0 aromatic heterocycles. The summed E-state index contributed by atoms with van der Waals surface area (Å²) >= 11 is 0. The second kappa shape index (κ2) is 6.88. The summed E-state index contributed by atoms with van der Waals surface area (Å²) in [6, 6.07) is 8.96. The highest BCUT2D eigenvalue weighted by molar-refractivity contribution is 5.22. The molecule has 1 aliphatic carbocycles. The van der Waals surface area contributed by atoms with Crippen LogP contribution in [0.3, 0.4) is 0 Å². The normalized spacial score (nSPS) is 24.1. The number of hydrogen-bond donors (Lipinski definition) is 2. The van der Waals surface area contributed by atoms with Gasteiger partial charge in [0, 0.05) is 19.7 Å². The first-order chi connectivity index (χ1) is 8.78.